The number of phenolic OH excluding ortho intramolecular Hbond substituents is 1. The van der Waals surface area contributed by atoms with Gasteiger partial charge in [-0.25, -0.2) is 4.39 Å². The van der Waals surface area contributed by atoms with Gasteiger partial charge >= 0.3 is 5.97 Å². The molecule has 52 heavy (non-hydrogen) atoms. The molecular weight excluding hydrogens is 697 g/mol. The monoisotopic (exact) mass is 731 g/mol. The van der Waals surface area contributed by atoms with E-state index in [-0.39, 0.29) is 60.7 Å². The van der Waals surface area contributed by atoms with Crippen molar-refractivity contribution in [3.05, 3.63) is 94.3 Å². The standard InChI is InChI=1S/C38H35ClFN3O9/c1-51-23-16-28(44)32(29(17-23)52-2)33-24-13-14-25-31(36(49)42(34(25)47)15-3-4-30(45)46)26(24)18-27-35(48)43(41-22-11-9-21(40)10-12-22)37(50)38(27,33)19-5-7-20(39)8-6-19/h5-13,16-17,25-27,31,33,41,44H,3-4,14-15,18H2,1-2H3,(H,45,46)/t25-,26+,27-,31-,33+,38+/m0/s1. The van der Waals surface area contributed by atoms with Gasteiger partial charge in [0.1, 0.15) is 23.1 Å². The zero-order valence-corrected chi connectivity index (χ0v) is 28.9. The predicted molar refractivity (Wildman–Crippen MR) is 184 cm³/mol. The number of hydrogen-bond donors (Lipinski definition) is 3. The number of ether oxygens (including phenoxy) is 2. The molecule has 1 saturated carbocycles. The fourth-order valence-corrected chi connectivity index (χ4v) is 8.93. The minimum absolute atomic E-state index is 0.0144. The third kappa shape index (κ3) is 5.37. The summed E-state index contributed by atoms with van der Waals surface area (Å²) in [7, 11) is 2.82. The number of benzene rings is 3. The molecule has 0 aromatic heterocycles. The number of carbonyl (C=O) groups is 5. The lowest BCUT2D eigenvalue weighted by molar-refractivity contribution is -0.142. The van der Waals surface area contributed by atoms with Crippen LogP contribution in [0.15, 0.2) is 72.3 Å². The number of nitrogens with zero attached hydrogens (tertiary/aromatic N) is 2. The zero-order valence-electron chi connectivity index (χ0n) is 28.2. The molecule has 14 heteroatoms. The maximum Gasteiger partial charge on any atom is 0.303 e. The van der Waals surface area contributed by atoms with Crippen LogP contribution in [0.3, 0.4) is 0 Å². The maximum absolute atomic E-state index is 15.3. The van der Waals surface area contributed by atoms with E-state index in [1.54, 1.807) is 30.3 Å². The van der Waals surface area contributed by atoms with Gasteiger partial charge in [-0.15, -0.1) is 0 Å². The van der Waals surface area contributed by atoms with Crippen molar-refractivity contribution in [1.29, 1.82) is 0 Å². The van der Waals surface area contributed by atoms with Gasteiger partial charge < -0.3 is 19.7 Å². The quantitative estimate of drug-likeness (QED) is 0.190. The number of halogens is 2. The van der Waals surface area contributed by atoms with E-state index in [4.69, 9.17) is 21.1 Å². The Morgan fingerprint density at radius 1 is 0.981 bits per heavy atom. The molecule has 2 aliphatic heterocycles. The van der Waals surface area contributed by atoms with Crippen LogP contribution >= 0.6 is 11.6 Å². The predicted octanol–water partition coefficient (Wildman–Crippen LogP) is 5.05. The molecule has 2 heterocycles. The number of carbonyl (C=O) groups excluding carboxylic acids is 4. The summed E-state index contributed by atoms with van der Waals surface area (Å²) in [4.78, 5) is 70.2. The Morgan fingerprint density at radius 2 is 1.69 bits per heavy atom. The van der Waals surface area contributed by atoms with Crippen molar-refractivity contribution in [1.82, 2.24) is 9.91 Å². The average Bonchev–Trinajstić information content (AvgIpc) is 3.49. The lowest BCUT2D eigenvalue weighted by Crippen LogP contribution is -2.53. The molecular formula is C38H35ClFN3O9. The van der Waals surface area contributed by atoms with Crippen LogP contribution in [0.2, 0.25) is 5.02 Å². The molecule has 0 radical (unpaired) electrons. The van der Waals surface area contributed by atoms with E-state index in [1.165, 1.54) is 44.6 Å². The Balaban J connectivity index is 1.45. The van der Waals surface area contributed by atoms with Crippen LogP contribution in [0, 0.1) is 29.5 Å². The normalized spacial score (nSPS) is 26.5. The molecule has 3 aromatic carbocycles. The number of amides is 4. The lowest BCUT2D eigenvalue weighted by Gasteiger charge is -2.50. The number of phenols is 1. The van der Waals surface area contributed by atoms with Gasteiger partial charge in [0.05, 0.1) is 43.1 Å². The van der Waals surface area contributed by atoms with Crippen molar-refractivity contribution in [2.24, 2.45) is 23.7 Å². The number of carboxylic acids is 1. The SMILES string of the molecule is COc1cc(O)c([C@H]2C3=CC[C@@H]4C(=O)N(CCCC(=O)O)C(=O)[C@@H]4[C@@H]3C[C@H]3C(=O)N(Nc4ccc(F)cc4)C(=O)[C@@]23c2ccc(Cl)cc2)c(OC)c1. The minimum atomic E-state index is -1.74. The number of carboxylic acid groups (broad SMARTS) is 1. The van der Waals surface area contributed by atoms with Crippen molar-refractivity contribution in [2.75, 3.05) is 26.2 Å². The molecule has 4 aliphatic rings. The summed E-state index contributed by atoms with van der Waals surface area (Å²) in [5, 5.41) is 22.3. The number of allylic oxidation sites excluding steroid dienone is 2. The summed E-state index contributed by atoms with van der Waals surface area (Å²) in [5.74, 6) is -8.27. The van der Waals surface area contributed by atoms with E-state index in [1.807, 2.05) is 6.08 Å². The summed E-state index contributed by atoms with van der Waals surface area (Å²) in [6.45, 7) is -0.0690. The van der Waals surface area contributed by atoms with E-state index in [9.17, 15) is 33.8 Å². The highest BCUT2D eigenvalue weighted by atomic mass is 35.5. The Morgan fingerprint density at radius 3 is 2.35 bits per heavy atom. The van der Waals surface area contributed by atoms with Gasteiger partial charge in [0.2, 0.25) is 11.8 Å². The molecule has 0 bridgehead atoms. The van der Waals surface area contributed by atoms with Crippen LogP contribution in [-0.2, 0) is 29.4 Å². The Hall–Kier alpha value is -5.43. The summed E-state index contributed by atoms with van der Waals surface area (Å²) in [5.41, 5.74) is 2.57. The highest BCUT2D eigenvalue weighted by molar-refractivity contribution is 6.30. The first-order valence-corrected chi connectivity index (χ1v) is 17.2. The Labute approximate surface area is 302 Å². The number of imide groups is 2. The Bertz CT molecular complexity index is 2020. The van der Waals surface area contributed by atoms with Crippen LogP contribution in [0.4, 0.5) is 10.1 Å². The number of nitrogens with one attached hydrogen (secondary N) is 1. The first kappa shape index (κ1) is 35.0. The van der Waals surface area contributed by atoms with Gasteiger partial charge in [-0.1, -0.05) is 35.4 Å². The molecule has 3 fully saturated rings. The molecule has 6 atom stereocenters. The molecule has 12 nitrogen and oxygen atoms in total. The average molecular weight is 732 g/mol. The molecule has 3 aromatic rings. The second kappa shape index (κ2) is 13.3. The fraction of sp³-hybridized carbons (Fsp3) is 0.342. The highest BCUT2D eigenvalue weighted by Gasteiger charge is 2.71. The molecule has 7 rings (SSSR count). The summed E-state index contributed by atoms with van der Waals surface area (Å²) >= 11 is 6.34. The highest BCUT2D eigenvalue weighted by Crippen LogP contribution is 2.66. The van der Waals surface area contributed by atoms with Crippen LogP contribution in [0.1, 0.15) is 42.7 Å². The van der Waals surface area contributed by atoms with Crippen molar-refractivity contribution < 1.29 is 48.0 Å². The number of anilines is 1. The van der Waals surface area contributed by atoms with E-state index < -0.39 is 70.4 Å². The second-order valence-corrected chi connectivity index (χ2v) is 13.9. The van der Waals surface area contributed by atoms with Crippen LogP contribution in [-0.4, -0.2) is 70.5 Å². The number of hydrogen-bond acceptors (Lipinski definition) is 9. The molecule has 3 N–H and O–H groups in total. The molecule has 2 saturated heterocycles. The van der Waals surface area contributed by atoms with E-state index in [0.29, 0.717) is 16.2 Å². The van der Waals surface area contributed by atoms with Crippen molar-refractivity contribution in [3.63, 3.8) is 0 Å². The van der Waals surface area contributed by atoms with Crippen LogP contribution < -0.4 is 14.9 Å². The van der Waals surface area contributed by atoms with Gasteiger partial charge in [-0.2, -0.15) is 5.01 Å². The second-order valence-electron chi connectivity index (χ2n) is 13.5. The number of methoxy groups -OCH3 is 2. The molecule has 4 amide bonds. The topological polar surface area (TPSA) is 163 Å². The number of fused-ring (bicyclic) bond motifs is 4. The van der Waals surface area contributed by atoms with Gasteiger partial charge in [0.25, 0.3) is 11.8 Å². The lowest BCUT2D eigenvalue weighted by atomic mass is 9.49. The molecule has 2 aliphatic carbocycles. The zero-order chi connectivity index (χ0) is 37.1. The minimum Gasteiger partial charge on any atom is -0.507 e. The molecule has 0 spiro atoms. The van der Waals surface area contributed by atoms with Crippen LogP contribution in [0.5, 0.6) is 17.2 Å². The number of likely N-dealkylation sites (tertiary alicyclic amines) is 1. The van der Waals surface area contributed by atoms with Gasteiger partial charge in [0, 0.05) is 41.6 Å². The fourth-order valence-electron chi connectivity index (χ4n) is 8.81. The van der Waals surface area contributed by atoms with Gasteiger partial charge in [-0.05, 0) is 67.1 Å². The first-order chi connectivity index (χ1) is 24.9. The maximum atomic E-state index is 15.3. The first-order valence-electron chi connectivity index (χ1n) is 16.8. The number of rotatable bonds is 10. The van der Waals surface area contributed by atoms with Crippen molar-refractivity contribution in [3.8, 4) is 17.2 Å². The van der Waals surface area contributed by atoms with Gasteiger partial charge in [0.15, 0.2) is 0 Å². The summed E-state index contributed by atoms with van der Waals surface area (Å²) in [6.07, 6.45) is 1.80. The summed E-state index contributed by atoms with van der Waals surface area (Å²) in [6, 6.07) is 14.6. The number of aromatic hydroxyl groups is 1. The summed E-state index contributed by atoms with van der Waals surface area (Å²) < 4.78 is 25.1. The third-order valence-electron chi connectivity index (χ3n) is 11.0. The number of hydrazine groups is 1. The van der Waals surface area contributed by atoms with E-state index in [2.05, 4.69) is 5.43 Å². The molecule has 270 valence electrons. The molecule has 0 unspecified atom stereocenters. The van der Waals surface area contributed by atoms with E-state index in [0.717, 1.165) is 9.91 Å². The smallest absolute Gasteiger partial charge is 0.303 e. The van der Waals surface area contributed by atoms with Crippen molar-refractivity contribution in [2.45, 2.75) is 37.0 Å². The largest absolute Gasteiger partial charge is 0.507 e. The van der Waals surface area contributed by atoms with Crippen LogP contribution in [0.25, 0.3) is 0 Å². The van der Waals surface area contributed by atoms with Crippen molar-refractivity contribution >= 4 is 46.9 Å². The number of aliphatic carboxylic acids is 1. The van der Waals surface area contributed by atoms with Gasteiger partial charge in [-0.3, -0.25) is 34.3 Å². The van der Waals surface area contributed by atoms with E-state index >= 15 is 4.79 Å². The Kier molecular flexibility index (Phi) is 8.94. The third-order valence-corrected chi connectivity index (χ3v) is 11.2.